The summed E-state index contributed by atoms with van der Waals surface area (Å²) in [4.78, 5) is 0. The highest BCUT2D eigenvalue weighted by Crippen LogP contribution is 2.33. The van der Waals surface area contributed by atoms with Crippen molar-refractivity contribution in [3.05, 3.63) is 59.4 Å². The van der Waals surface area contributed by atoms with E-state index in [2.05, 4.69) is 0 Å². The molecular formula is C15H13F4N. The zero-order valence-corrected chi connectivity index (χ0v) is 10.5. The molecule has 0 aliphatic heterocycles. The van der Waals surface area contributed by atoms with Crippen LogP contribution >= 0.6 is 0 Å². The molecule has 0 unspecified atom stereocenters. The second-order valence-corrected chi connectivity index (χ2v) is 4.42. The highest BCUT2D eigenvalue weighted by molar-refractivity contribution is 5.68. The van der Waals surface area contributed by atoms with E-state index in [0.717, 1.165) is 17.7 Å². The molecule has 1 nitrogen and oxygen atoms in total. The van der Waals surface area contributed by atoms with E-state index in [1.54, 1.807) is 6.07 Å². The summed E-state index contributed by atoms with van der Waals surface area (Å²) >= 11 is 0. The van der Waals surface area contributed by atoms with Crippen LogP contribution in [0.5, 0.6) is 0 Å². The molecule has 0 radical (unpaired) electrons. The molecule has 106 valence electrons. The lowest BCUT2D eigenvalue weighted by Gasteiger charge is -2.12. The largest absolute Gasteiger partial charge is 0.416 e. The first kappa shape index (κ1) is 14.5. The van der Waals surface area contributed by atoms with Crippen LogP contribution in [-0.4, -0.2) is 6.54 Å². The Balaban J connectivity index is 2.53. The quantitative estimate of drug-likeness (QED) is 0.846. The number of rotatable bonds is 3. The van der Waals surface area contributed by atoms with Gasteiger partial charge in [-0.05, 0) is 53.9 Å². The summed E-state index contributed by atoms with van der Waals surface area (Å²) in [6, 6.07) is 8.93. The van der Waals surface area contributed by atoms with E-state index >= 15 is 0 Å². The lowest BCUT2D eigenvalue weighted by molar-refractivity contribution is -0.137. The maximum absolute atomic E-state index is 13.4. The maximum atomic E-state index is 13.4. The van der Waals surface area contributed by atoms with Crippen molar-refractivity contribution in [1.82, 2.24) is 0 Å². The molecule has 5 heteroatoms. The van der Waals surface area contributed by atoms with E-state index < -0.39 is 17.6 Å². The van der Waals surface area contributed by atoms with Gasteiger partial charge in [0, 0.05) is 0 Å². The minimum absolute atomic E-state index is 0.336. The summed E-state index contributed by atoms with van der Waals surface area (Å²) in [5.41, 5.74) is 6.23. The zero-order valence-electron chi connectivity index (χ0n) is 10.5. The average molecular weight is 283 g/mol. The Hall–Kier alpha value is -1.88. The van der Waals surface area contributed by atoms with Crippen molar-refractivity contribution in [1.29, 1.82) is 0 Å². The monoisotopic (exact) mass is 283 g/mol. The third-order valence-corrected chi connectivity index (χ3v) is 2.99. The molecule has 0 bridgehead atoms. The highest BCUT2D eigenvalue weighted by atomic mass is 19.4. The lowest BCUT2D eigenvalue weighted by atomic mass is 9.96. The first-order valence-corrected chi connectivity index (χ1v) is 6.08. The van der Waals surface area contributed by atoms with Gasteiger partial charge in [0.05, 0.1) is 5.56 Å². The van der Waals surface area contributed by atoms with Gasteiger partial charge in [0.2, 0.25) is 0 Å². The van der Waals surface area contributed by atoms with Crippen molar-refractivity contribution in [2.75, 3.05) is 6.54 Å². The molecule has 0 aliphatic rings. The van der Waals surface area contributed by atoms with Gasteiger partial charge in [-0.25, -0.2) is 4.39 Å². The van der Waals surface area contributed by atoms with E-state index in [-0.39, 0.29) is 0 Å². The standard InChI is InChI=1S/C15H13F4N/c16-13-5-4-10(6-7-20)14(9-13)11-2-1-3-12(8-11)15(17,18)19/h1-5,8-9H,6-7,20H2. The van der Waals surface area contributed by atoms with Gasteiger partial charge in [-0.3, -0.25) is 0 Å². The van der Waals surface area contributed by atoms with Crippen LogP contribution in [0.25, 0.3) is 11.1 Å². The second kappa shape index (κ2) is 5.63. The molecule has 0 heterocycles. The van der Waals surface area contributed by atoms with Gasteiger partial charge in [-0.2, -0.15) is 13.2 Å². The zero-order chi connectivity index (χ0) is 14.8. The predicted molar refractivity (Wildman–Crippen MR) is 69.6 cm³/mol. The fourth-order valence-corrected chi connectivity index (χ4v) is 2.05. The molecular weight excluding hydrogens is 270 g/mol. The van der Waals surface area contributed by atoms with Crippen LogP contribution in [0.15, 0.2) is 42.5 Å². The molecule has 20 heavy (non-hydrogen) atoms. The normalized spacial score (nSPS) is 11.7. The van der Waals surface area contributed by atoms with Crippen molar-refractivity contribution in [3.63, 3.8) is 0 Å². The predicted octanol–water partition coefficient (Wildman–Crippen LogP) is 4.01. The van der Waals surface area contributed by atoms with Crippen LogP contribution in [0.1, 0.15) is 11.1 Å². The van der Waals surface area contributed by atoms with Crippen LogP contribution in [-0.2, 0) is 12.6 Å². The Morgan fingerprint density at radius 2 is 1.75 bits per heavy atom. The third-order valence-electron chi connectivity index (χ3n) is 2.99. The van der Waals surface area contributed by atoms with Gasteiger partial charge in [0.15, 0.2) is 0 Å². The Labute approximate surface area is 114 Å². The molecule has 0 saturated heterocycles. The van der Waals surface area contributed by atoms with Crippen LogP contribution in [0, 0.1) is 5.82 Å². The molecule has 0 aliphatic carbocycles. The summed E-state index contributed by atoms with van der Waals surface area (Å²) in [6.07, 6.45) is -3.94. The smallest absolute Gasteiger partial charge is 0.330 e. The van der Waals surface area contributed by atoms with Crippen molar-refractivity contribution in [3.8, 4) is 11.1 Å². The molecule has 2 rings (SSSR count). The number of nitrogens with two attached hydrogens (primary N) is 1. The first-order chi connectivity index (χ1) is 9.41. The Kier molecular flexibility index (Phi) is 4.09. The van der Waals surface area contributed by atoms with Crippen molar-refractivity contribution < 1.29 is 17.6 Å². The van der Waals surface area contributed by atoms with Gasteiger partial charge in [0.1, 0.15) is 5.82 Å². The molecule has 0 spiro atoms. The maximum Gasteiger partial charge on any atom is 0.416 e. The van der Waals surface area contributed by atoms with E-state index in [1.165, 1.54) is 24.3 Å². The first-order valence-electron chi connectivity index (χ1n) is 6.08. The summed E-state index contributed by atoms with van der Waals surface area (Å²) in [6.45, 7) is 0.345. The summed E-state index contributed by atoms with van der Waals surface area (Å²) in [5.74, 6) is -0.488. The summed E-state index contributed by atoms with van der Waals surface area (Å²) in [5, 5.41) is 0. The minimum Gasteiger partial charge on any atom is -0.330 e. The molecule has 2 aromatic rings. The number of halogens is 4. The lowest BCUT2D eigenvalue weighted by Crippen LogP contribution is -2.06. The number of hydrogen-bond donors (Lipinski definition) is 1. The fourth-order valence-electron chi connectivity index (χ4n) is 2.05. The van der Waals surface area contributed by atoms with Crippen molar-refractivity contribution in [2.24, 2.45) is 5.73 Å². The van der Waals surface area contributed by atoms with Crippen LogP contribution in [0.3, 0.4) is 0 Å². The fraction of sp³-hybridized carbons (Fsp3) is 0.200. The van der Waals surface area contributed by atoms with Crippen LogP contribution < -0.4 is 5.73 Å². The third kappa shape index (κ3) is 3.17. The van der Waals surface area contributed by atoms with E-state index in [4.69, 9.17) is 5.73 Å². The molecule has 0 atom stereocenters. The minimum atomic E-state index is -4.42. The molecule has 0 aromatic heterocycles. The molecule has 2 aromatic carbocycles. The van der Waals surface area contributed by atoms with E-state index in [0.29, 0.717) is 24.1 Å². The Morgan fingerprint density at radius 1 is 1.00 bits per heavy atom. The average Bonchev–Trinajstić information content (AvgIpc) is 2.40. The molecule has 0 fully saturated rings. The van der Waals surface area contributed by atoms with Gasteiger partial charge in [-0.1, -0.05) is 18.2 Å². The second-order valence-electron chi connectivity index (χ2n) is 4.42. The van der Waals surface area contributed by atoms with Gasteiger partial charge in [-0.15, -0.1) is 0 Å². The summed E-state index contributed by atoms with van der Waals surface area (Å²) in [7, 11) is 0. The Morgan fingerprint density at radius 3 is 2.40 bits per heavy atom. The van der Waals surface area contributed by atoms with Crippen LogP contribution in [0.2, 0.25) is 0 Å². The van der Waals surface area contributed by atoms with E-state index in [1.807, 2.05) is 0 Å². The van der Waals surface area contributed by atoms with Gasteiger partial charge < -0.3 is 5.73 Å². The molecule has 0 amide bonds. The summed E-state index contributed by atoms with van der Waals surface area (Å²) < 4.78 is 51.5. The van der Waals surface area contributed by atoms with Crippen molar-refractivity contribution >= 4 is 0 Å². The van der Waals surface area contributed by atoms with Crippen LogP contribution in [0.4, 0.5) is 17.6 Å². The SMILES string of the molecule is NCCc1ccc(F)cc1-c1cccc(C(F)(F)F)c1. The van der Waals surface area contributed by atoms with E-state index in [9.17, 15) is 17.6 Å². The number of alkyl halides is 3. The van der Waals surface area contributed by atoms with Gasteiger partial charge in [0.25, 0.3) is 0 Å². The Bertz CT molecular complexity index is 605. The molecule has 0 saturated carbocycles. The topological polar surface area (TPSA) is 26.0 Å². The molecule has 2 N–H and O–H groups in total. The van der Waals surface area contributed by atoms with Crippen molar-refractivity contribution in [2.45, 2.75) is 12.6 Å². The number of hydrogen-bond acceptors (Lipinski definition) is 1. The number of benzene rings is 2. The van der Waals surface area contributed by atoms with Gasteiger partial charge >= 0.3 is 6.18 Å². The highest BCUT2D eigenvalue weighted by Gasteiger charge is 2.30.